The fourth-order valence-electron chi connectivity index (χ4n) is 3.73. The van der Waals surface area contributed by atoms with Crippen LogP contribution in [0.5, 0.6) is 0 Å². The van der Waals surface area contributed by atoms with Crippen molar-refractivity contribution >= 4 is 28.3 Å². The summed E-state index contributed by atoms with van der Waals surface area (Å²) in [7, 11) is -1.47. The Balaban J connectivity index is 0.00000261. The Morgan fingerprint density at radius 3 is 2.33 bits per heavy atom. The highest BCUT2D eigenvalue weighted by Gasteiger charge is 2.27. The number of hydrogen-bond acceptors (Lipinski definition) is 4. The van der Waals surface area contributed by atoms with E-state index < -0.39 is 10.0 Å². The number of benzene rings is 1. The molecule has 2 fully saturated rings. The van der Waals surface area contributed by atoms with Crippen LogP contribution >= 0.6 is 12.4 Å². The van der Waals surface area contributed by atoms with Crippen molar-refractivity contribution in [1.29, 1.82) is 0 Å². The first-order valence-electron chi connectivity index (χ1n) is 9.54. The van der Waals surface area contributed by atoms with E-state index in [1.165, 1.54) is 0 Å². The Morgan fingerprint density at radius 1 is 1.15 bits per heavy atom. The van der Waals surface area contributed by atoms with E-state index in [9.17, 15) is 13.2 Å². The van der Waals surface area contributed by atoms with E-state index >= 15 is 0 Å². The van der Waals surface area contributed by atoms with E-state index in [1.54, 1.807) is 16.4 Å². The first-order chi connectivity index (χ1) is 12.5. The average Bonchev–Trinajstić information content (AvgIpc) is 3.22. The smallest absolute Gasteiger partial charge is 0.243 e. The van der Waals surface area contributed by atoms with Crippen molar-refractivity contribution < 1.29 is 13.2 Å². The van der Waals surface area contributed by atoms with Gasteiger partial charge in [0.1, 0.15) is 0 Å². The number of rotatable bonds is 6. The predicted molar refractivity (Wildman–Crippen MR) is 109 cm³/mol. The molecule has 8 heteroatoms. The molecule has 1 aromatic rings. The topological polar surface area (TPSA) is 69.7 Å². The number of amides is 1. The minimum absolute atomic E-state index is 0. The van der Waals surface area contributed by atoms with Crippen LogP contribution in [-0.2, 0) is 21.2 Å². The van der Waals surface area contributed by atoms with Gasteiger partial charge in [0.2, 0.25) is 15.9 Å². The third kappa shape index (κ3) is 5.44. The van der Waals surface area contributed by atoms with Gasteiger partial charge in [0, 0.05) is 32.6 Å². The standard InChI is InChI=1S/C19H29N3O3S.ClH/c1-21(17-10-12-20-13-11-17)19(23)9-6-16-4-7-18(8-5-16)26(24,25)22-14-2-3-15-22;/h4-5,7-8,17,20H,2-3,6,9-15H2,1H3;1H. The van der Waals surface area contributed by atoms with Gasteiger partial charge in [-0.25, -0.2) is 8.42 Å². The molecule has 27 heavy (non-hydrogen) atoms. The molecule has 152 valence electrons. The molecule has 2 aliphatic heterocycles. The van der Waals surface area contributed by atoms with Gasteiger partial charge in [-0.1, -0.05) is 12.1 Å². The van der Waals surface area contributed by atoms with E-state index in [0.717, 1.165) is 44.3 Å². The first kappa shape index (κ1) is 22.1. The summed E-state index contributed by atoms with van der Waals surface area (Å²) in [4.78, 5) is 14.6. The lowest BCUT2D eigenvalue weighted by Gasteiger charge is -2.31. The highest BCUT2D eigenvalue weighted by atomic mass is 35.5. The monoisotopic (exact) mass is 415 g/mol. The number of aryl methyl sites for hydroxylation is 1. The fraction of sp³-hybridized carbons (Fsp3) is 0.632. The van der Waals surface area contributed by atoms with Gasteiger partial charge >= 0.3 is 0 Å². The molecule has 2 aliphatic rings. The largest absolute Gasteiger partial charge is 0.343 e. The Morgan fingerprint density at radius 2 is 1.74 bits per heavy atom. The number of hydrogen-bond donors (Lipinski definition) is 1. The molecule has 1 amide bonds. The third-order valence-electron chi connectivity index (χ3n) is 5.50. The lowest BCUT2D eigenvalue weighted by Crippen LogP contribution is -2.44. The average molecular weight is 416 g/mol. The Kier molecular flexibility index (Phi) is 8.09. The molecule has 6 nitrogen and oxygen atoms in total. The normalized spacial score (nSPS) is 18.9. The summed E-state index contributed by atoms with van der Waals surface area (Å²) < 4.78 is 26.6. The van der Waals surface area contributed by atoms with Crippen molar-refractivity contribution in [1.82, 2.24) is 14.5 Å². The molecule has 0 aliphatic carbocycles. The Bertz CT molecular complexity index is 712. The maximum atomic E-state index is 12.5. The Labute approximate surface area is 168 Å². The maximum Gasteiger partial charge on any atom is 0.243 e. The number of halogens is 1. The van der Waals surface area contributed by atoms with Gasteiger partial charge in [0.05, 0.1) is 4.90 Å². The molecule has 0 unspecified atom stereocenters. The first-order valence-corrected chi connectivity index (χ1v) is 11.0. The van der Waals surface area contributed by atoms with Crippen molar-refractivity contribution in [3.63, 3.8) is 0 Å². The van der Waals surface area contributed by atoms with Crippen LogP contribution in [0.2, 0.25) is 0 Å². The number of carbonyl (C=O) groups excluding carboxylic acids is 1. The number of piperidine rings is 1. The van der Waals surface area contributed by atoms with E-state index in [0.29, 0.717) is 36.9 Å². The lowest BCUT2D eigenvalue weighted by atomic mass is 10.0. The maximum absolute atomic E-state index is 12.5. The highest BCUT2D eigenvalue weighted by molar-refractivity contribution is 7.89. The number of nitrogens with one attached hydrogen (secondary N) is 1. The molecule has 0 radical (unpaired) electrons. The molecule has 0 aromatic heterocycles. The zero-order valence-corrected chi connectivity index (χ0v) is 17.5. The molecular formula is C19H30ClN3O3S. The van der Waals surface area contributed by atoms with Gasteiger partial charge in [0.25, 0.3) is 0 Å². The minimum atomic E-state index is -3.36. The van der Waals surface area contributed by atoms with Gasteiger partial charge in [-0.3, -0.25) is 4.79 Å². The molecule has 2 saturated heterocycles. The predicted octanol–water partition coefficient (Wildman–Crippen LogP) is 2.04. The molecule has 2 heterocycles. The van der Waals surface area contributed by atoms with Crippen LogP contribution in [0.4, 0.5) is 0 Å². The van der Waals surface area contributed by atoms with E-state index in [1.807, 2.05) is 24.1 Å². The van der Waals surface area contributed by atoms with Gasteiger partial charge < -0.3 is 10.2 Å². The number of carbonyl (C=O) groups is 1. The van der Waals surface area contributed by atoms with Gasteiger partial charge in [-0.2, -0.15) is 4.31 Å². The third-order valence-corrected chi connectivity index (χ3v) is 7.42. The molecule has 1 N–H and O–H groups in total. The van der Waals surface area contributed by atoms with E-state index in [2.05, 4.69) is 5.32 Å². The summed E-state index contributed by atoms with van der Waals surface area (Å²) in [5, 5.41) is 3.31. The summed E-state index contributed by atoms with van der Waals surface area (Å²) in [6, 6.07) is 7.34. The van der Waals surface area contributed by atoms with E-state index in [4.69, 9.17) is 0 Å². The van der Waals surface area contributed by atoms with Crippen LogP contribution in [0.15, 0.2) is 29.2 Å². The summed E-state index contributed by atoms with van der Waals surface area (Å²) in [6.07, 6.45) is 4.97. The van der Waals surface area contributed by atoms with Gasteiger partial charge in [-0.15, -0.1) is 12.4 Å². The molecule has 0 spiro atoms. The fourth-order valence-corrected chi connectivity index (χ4v) is 5.25. The second kappa shape index (κ2) is 9.87. The van der Waals surface area contributed by atoms with Crippen LogP contribution in [0.1, 0.15) is 37.7 Å². The molecule has 0 bridgehead atoms. The van der Waals surface area contributed by atoms with Gasteiger partial charge in [-0.05, 0) is 62.9 Å². The van der Waals surface area contributed by atoms with Crippen molar-refractivity contribution in [2.75, 3.05) is 33.2 Å². The van der Waals surface area contributed by atoms with Crippen molar-refractivity contribution in [3.8, 4) is 0 Å². The zero-order chi connectivity index (χ0) is 18.6. The van der Waals surface area contributed by atoms with Crippen molar-refractivity contribution in [2.24, 2.45) is 0 Å². The molecule has 3 rings (SSSR count). The summed E-state index contributed by atoms with van der Waals surface area (Å²) in [5.74, 6) is 0.158. The summed E-state index contributed by atoms with van der Waals surface area (Å²) >= 11 is 0. The second-order valence-corrected chi connectivity index (χ2v) is 9.18. The van der Waals surface area contributed by atoms with Crippen molar-refractivity contribution in [3.05, 3.63) is 29.8 Å². The molecular weight excluding hydrogens is 386 g/mol. The molecule has 0 saturated carbocycles. The van der Waals surface area contributed by atoms with Crippen LogP contribution in [0.3, 0.4) is 0 Å². The van der Waals surface area contributed by atoms with Crippen LogP contribution < -0.4 is 5.32 Å². The SMILES string of the molecule is CN(C(=O)CCc1ccc(S(=O)(=O)N2CCCC2)cc1)C1CCNCC1.Cl. The minimum Gasteiger partial charge on any atom is -0.343 e. The quantitative estimate of drug-likeness (QED) is 0.771. The van der Waals surface area contributed by atoms with E-state index in [-0.39, 0.29) is 18.3 Å². The lowest BCUT2D eigenvalue weighted by molar-refractivity contribution is -0.132. The summed E-state index contributed by atoms with van der Waals surface area (Å²) in [5.41, 5.74) is 0.998. The Hall–Kier alpha value is -1.15. The van der Waals surface area contributed by atoms with Gasteiger partial charge in [0.15, 0.2) is 0 Å². The molecule has 1 aromatic carbocycles. The highest BCUT2D eigenvalue weighted by Crippen LogP contribution is 2.21. The van der Waals surface area contributed by atoms with Crippen LogP contribution in [0.25, 0.3) is 0 Å². The van der Waals surface area contributed by atoms with Crippen molar-refractivity contribution in [2.45, 2.75) is 49.5 Å². The van der Waals surface area contributed by atoms with Crippen LogP contribution in [-0.4, -0.2) is 62.8 Å². The number of sulfonamides is 1. The number of nitrogens with zero attached hydrogens (tertiary/aromatic N) is 2. The second-order valence-electron chi connectivity index (χ2n) is 7.24. The zero-order valence-electron chi connectivity index (χ0n) is 15.9. The molecule has 0 atom stereocenters. The summed E-state index contributed by atoms with van der Waals surface area (Å²) in [6.45, 7) is 3.16. The van der Waals surface area contributed by atoms with Crippen LogP contribution in [0, 0.1) is 0 Å².